The van der Waals surface area contributed by atoms with E-state index in [-0.39, 0.29) is 17.4 Å². The number of hydrogen-bond acceptors (Lipinski definition) is 3. The molecule has 0 amide bonds. The molecule has 0 bridgehead atoms. The minimum Gasteiger partial charge on any atom is -0.452 e. The number of carbonyl (C=O) groups is 1. The van der Waals surface area contributed by atoms with Gasteiger partial charge >= 0.3 is 0 Å². The van der Waals surface area contributed by atoms with Crippen molar-refractivity contribution in [1.82, 2.24) is 9.55 Å². The summed E-state index contributed by atoms with van der Waals surface area (Å²) < 4.78 is 7.08. The smallest absolute Gasteiger partial charge is 0.203 e. The van der Waals surface area contributed by atoms with E-state index in [9.17, 15) is 4.79 Å². The standard InChI is InChI=1S/C16H15ClN2O2/c1-2-8-19-13-6-4-3-5-12(13)18-15(19)10-14(20)11-7-9-21-16(11)17/h3-7,9H,2,8,10H2,1H3. The predicted molar refractivity (Wildman–Crippen MR) is 81.8 cm³/mol. The van der Waals surface area contributed by atoms with E-state index in [4.69, 9.17) is 16.0 Å². The topological polar surface area (TPSA) is 48.0 Å². The second kappa shape index (κ2) is 5.74. The second-order valence-corrected chi connectivity index (χ2v) is 5.22. The monoisotopic (exact) mass is 302 g/mol. The van der Waals surface area contributed by atoms with E-state index in [1.807, 2.05) is 24.3 Å². The Morgan fingerprint density at radius 1 is 1.33 bits per heavy atom. The molecular weight excluding hydrogens is 288 g/mol. The number of halogens is 1. The molecule has 0 atom stereocenters. The van der Waals surface area contributed by atoms with Crippen molar-refractivity contribution in [2.45, 2.75) is 26.3 Å². The van der Waals surface area contributed by atoms with Gasteiger partial charge in [0.25, 0.3) is 0 Å². The van der Waals surface area contributed by atoms with Crippen LogP contribution in [0, 0.1) is 0 Å². The Morgan fingerprint density at radius 3 is 2.86 bits per heavy atom. The number of fused-ring (bicyclic) bond motifs is 1. The Labute approximate surface area is 127 Å². The third-order valence-electron chi connectivity index (χ3n) is 3.42. The van der Waals surface area contributed by atoms with E-state index in [2.05, 4.69) is 16.5 Å². The van der Waals surface area contributed by atoms with Crippen molar-refractivity contribution in [2.75, 3.05) is 0 Å². The highest BCUT2D eigenvalue weighted by atomic mass is 35.5. The number of hydrogen-bond donors (Lipinski definition) is 0. The van der Waals surface area contributed by atoms with Crippen molar-refractivity contribution in [3.63, 3.8) is 0 Å². The van der Waals surface area contributed by atoms with Gasteiger partial charge in [-0.1, -0.05) is 19.1 Å². The van der Waals surface area contributed by atoms with Gasteiger partial charge in [0.05, 0.1) is 29.3 Å². The van der Waals surface area contributed by atoms with Gasteiger partial charge in [-0.05, 0) is 36.2 Å². The molecule has 108 valence electrons. The molecule has 2 aromatic heterocycles. The molecule has 0 aliphatic carbocycles. The van der Waals surface area contributed by atoms with Crippen LogP contribution in [-0.4, -0.2) is 15.3 Å². The number of aryl methyl sites for hydroxylation is 1. The summed E-state index contributed by atoms with van der Waals surface area (Å²) in [5.74, 6) is 0.682. The first kappa shape index (κ1) is 13.9. The number of carbonyl (C=O) groups excluding carboxylic acids is 1. The van der Waals surface area contributed by atoms with Gasteiger partial charge in [-0.3, -0.25) is 4.79 Å². The number of ketones is 1. The summed E-state index contributed by atoms with van der Waals surface area (Å²) in [7, 11) is 0. The highest BCUT2D eigenvalue weighted by Crippen LogP contribution is 2.21. The van der Waals surface area contributed by atoms with Crippen molar-refractivity contribution >= 4 is 28.4 Å². The first-order valence-electron chi connectivity index (χ1n) is 6.91. The lowest BCUT2D eigenvalue weighted by Crippen LogP contribution is -2.10. The van der Waals surface area contributed by atoms with E-state index in [1.54, 1.807) is 6.07 Å². The van der Waals surface area contributed by atoms with Crippen LogP contribution in [0.2, 0.25) is 5.22 Å². The van der Waals surface area contributed by atoms with E-state index in [0.717, 1.165) is 29.8 Å². The zero-order valence-electron chi connectivity index (χ0n) is 11.7. The molecule has 0 unspecified atom stereocenters. The Kier molecular flexibility index (Phi) is 3.80. The largest absolute Gasteiger partial charge is 0.452 e. The fourth-order valence-electron chi connectivity index (χ4n) is 2.47. The van der Waals surface area contributed by atoms with Gasteiger partial charge in [0.2, 0.25) is 5.22 Å². The molecule has 0 aliphatic heterocycles. The molecule has 1 aromatic carbocycles. The summed E-state index contributed by atoms with van der Waals surface area (Å²) in [5, 5.41) is 0.137. The normalized spacial score (nSPS) is 11.1. The molecule has 2 heterocycles. The zero-order valence-corrected chi connectivity index (χ0v) is 12.4. The Hall–Kier alpha value is -2.07. The summed E-state index contributed by atoms with van der Waals surface area (Å²) in [5.41, 5.74) is 2.37. The summed E-state index contributed by atoms with van der Waals surface area (Å²) >= 11 is 5.87. The molecule has 0 radical (unpaired) electrons. The molecule has 0 spiro atoms. The minimum absolute atomic E-state index is 0.0820. The number of Topliss-reactive ketones (excluding diaryl/α,β-unsaturated/α-hetero) is 1. The van der Waals surface area contributed by atoms with Crippen LogP contribution in [0.4, 0.5) is 0 Å². The fraction of sp³-hybridized carbons (Fsp3) is 0.250. The van der Waals surface area contributed by atoms with E-state index in [1.165, 1.54) is 6.26 Å². The molecule has 0 aliphatic rings. The molecule has 0 saturated heterocycles. The molecule has 0 N–H and O–H groups in total. The maximum atomic E-state index is 12.3. The zero-order chi connectivity index (χ0) is 14.8. The minimum atomic E-state index is -0.0820. The van der Waals surface area contributed by atoms with Crippen LogP contribution >= 0.6 is 11.6 Å². The fourth-order valence-corrected chi connectivity index (χ4v) is 2.69. The Balaban J connectivity index is 1.98. The van der Waals surface area contributed by atoms with E-state index < -0.39 is 0 Å². The second-order valence-electron chi connectivity index (χ2n) is 4.88. The third-order valence-corrected chi connectivity index (χ3v) is 3.71. The van der Waals surface area contributed by atoms with Crippen molar-refractivity contribution in [1.29, 1.82) is 0 Å². The number of benzene rings is 1. The van der Waals surface area contributed by atoms with Crippen molar-refractivity contribution in [2.24, 2.45) is 0 Å². The van der Waals surface area contributed by atoms with Gasteiger partial charge in [-0.15, -0.1) is 0 Å². The van der Waals surface area contributed by atoms with Crippen LogP contribution in [-0.2, 0) is 13.0 Å². The van der Waals surface area contributed by atoms with Gasteiger partial charge in [0.1, 0.15) is 5.82 Å². The van der Waals surface area contributed by atoms with Crippen molar-refractivity contribution in [3.8, 4) is 0 Å². The summed E-state index contributed by atoms with van der Waals surface area (Å²) in [6, 6.07) is 9.51. The number of imidazole rings is 1. The lowest BCUT2D eigenvalue weighted by molar-refractivity contribution is 0.0989. The molecule has 21 heavy (non-hydrogen) atoms. The lowest BCUT2D eigenvalue weighted by Gasteiger charge is -2.06. The lowest BCUT2D eigenvalue weighted by atomic mass is 10.1. The molecule has 3 aromatic rings. The molecule has 3 rings (SSSR count). The highest BCUT2D eigenvalue weighted by Gasteiger charge is 2.18. The van der Waals surface area contributed by atoms with Crippen LogP contribution in [0.15, 0.2) is 41.0 Å². The number of aromatic nitrogens is 2. The number of furan rings is 1. The van der Waals surface area contributed by atoms with Gasteiger partial charge in [0, 0.05) is 6.54 Å². The number of para-hydroxylation sites is 2. The van der Waals surface area contributed by atoms with Gasteiger partial charge in [0.15, 0.2) is 5.78 Å². The quantitative estimate of drug-likeness (QED) is 0.666. The maximum absolute atomic E-state index is 12.3. The SMILES string of the molecule is CCCn1c(CC(=O)c2ccoc2Cl)nc2ccccc21. The first-order valence-corrected chi connectivity index (χ1v) is 7.29. The molecule has 4 nitrogen and oxygen atoms in total. The van der Waals surface area contributed by atoms with Gasteiger partial charge < -0.3 is 8.98 Å². The third kappa shape index (κ3) is 2.59. The van der Waals surface area contributed by atoms with Crippen LogP contribution in [0.5, 0.6) is 0 Å². The van der Waals surface area contributed by atoms with E-state index in [0.29, 0.717) is 5.56 Å². The van der Waals surface area contributed by atoms with Crippen LogP contribution in [0.3, 0.4) is 0 Å². The summed E-state index contributed by atoms with van der Waals surface area (Å²) in [6.07, 6.45) is 2.62. The van der Waals surface area contributed by atoms with E-state index >= 15 is 0 Å². The van der Waals surface area contributed by atoms with Crippen molar-refractivity contribution < 1.29 is 9.21 Å². The Bertz CT molecular complexity index is 789. The summed E-state index contributed by atoms with van der Waals surface area (Å²) in [4.78, 5) is 16.9. The summed E-state index contributed by atoms with van der Waals surface area (Å²) in [6.45, 7) is 2.94. The Morgan fingerprint density at radius 2 is 2.14 bits per heavy atom. The average Bonchev–Trinajstić information content (AvgIpc) is 3.04. The number of nitrogens with zero attached hydrogens (tertiary/aromatic N) is 2. The molecule has 0 saturated carbocycles. The van der Waals surface area contributed by atoms with Gasteiger partial charge in [-0.2, -0.15) is 0 Å². The first-order chi connectivity index (χ1) is 10.2. The number of rotatable bonds is 5. The molecule has 5 heteroatoms. The molecule has 0 fully saturated rings. The van der Waals surface area contributed by atoms with Crippen LogP contribution < -0.4 is 0 Å². The van der Waals surface area contributed by atoms with Crippen LogP contribution in [0.1, 0.15) is 29.5 Å². The van der Waals surface area contributed by atoms with Crippen molar-refractivity contribution in [3.05, 3.63) is 53.2 Å². The maximum Gasteiger partial charge on any atom is 0.203 e. The predicted octanol–water partition coefficient (Wildman–Crippen LogP) is 4.12. The average molecular weight is 303 g/mol. The highest BCUT2D eigenvalue weighted by molar-refractivity contribution is 6.32. The van der Waals surface area contributed by atoms with Gasteiger partial charge in [-0.25, -0.2) is 4.98 Å². The molecular formula is C16H15ClN2O2. The van der Waals surface area contributed by atoms with Crippen LogP contribution in [0.25, 0.3) is 11.0 Å².